The first-order valence-corrected chi connectivity index (χ1v) is 7.16. The zero-order valence-electron chi connectivity index (χ0n) is 12.6. The Morgan fingerprint density at radius 3 is 2.40 bits per heavy atom. The second-order valence-corrected chi connectivity index (χ2v) is 5.40. The van der Waals surface area contributed by atoms with Gasteiger partial charge in [-0.15, -0.1) is 0 Å². The third kappa shape index (κ3) is 3.36. The summed E-state index contributed by atoms with van der Waals surface area (Å²) in [6.45, 7) is 7.36. The van der Waals surface area contributed by atoms with Crippen LogP contribution in [0, 0.1) is 0 Å². The molecule has 1 saturated heterocycles. The van der Waals surface area contributed by atoms with E-state index in [-0.39, 0.29) is 36.9 Å². The van der Waals surface area contributed by atoms with Crippen molar-refractivity contribution in [1.29, 1.82) is 0 Å². The van der Waals surface area contributed by atoms with Gasteiger partial charge in [0.05, 0.1) is 19.0 Å². The Kier molecular flexibility index (Phi) is 5.68. The molecule has 3 unspecified atom stereocenters. The molecule has 2 amide bonds. The predicted molar refractivity (Wildman–Crippen MR) is 74.1 cm³/mol. The molecule has 0 saturated carbocycles. The minimum Gasteiger partial charge on any atom is -0.480 e. The van der Waals surface area contributed by atoms with E-state index in [0.29, 0.717) is 6.42 Å². The van der Waals surface area contributed by atoms with Crippen molar-refractivity contribution in [1.82, 2.24) is 9.80 Å². The summed E-state index contributed by atoms with van der Waals surface area (Å²) < 4.78 is 0. The van der Waals surface area contributed by atoms with Gasteiger partial charge in [-0.1, -0.05) is 13.8 Å². The number of carboxylic acids is 1. The first kappa shape index (κ1) is 16.6. The minimum absolute atomic E-state index is 0.0512. The molecule has 6 heteroatoms. The van der Waals surface area contributed by atoms with Crippen molar-refractivity contribution < 1.29 is 19.5 Å². The second kappa shape index (κ2) is 6.83. The molecule has 0 aromatic heterocycles. The zero-order valence-corrected chi connectivity index (χ0v) is 12.6. The van der Waals surface area contributed by atoms with E-state index in [1.54, 1.807) is 4.90 Å². The normalized spacial score (nSPS) is 22.4. The average molecular weight is 284 g/mol. The van der Waals surface area contributed by atoms with Gasteiger partial charge in [0.15, 0.2) is 0 Å². The molecular formula is C14H24N2O4. The maximum absolute atomic E-state index is 12.4. The molecule has 114 valence electrons. The number of carboxylic acid groups (broad SMARTS) is 1. The molecule has 3 atom stereocenters. The standard InChI is InChI=1S/C14H24N2O4/c1-5-9(3)15(8-13(18)19)11-7-12(17)16(14(11)20)10(4)6-2/h9-11H,5-8H2,1-4H3,(H,18,19). The van der Waals surface area contributed by atoms with Crippen LogP contribution < -0.4 is 0 Å². The van der Waals surface area contributed by atoms with E-state index in [2.05, 4.69) is 0 Å². The number of rotatable bonds is 7. The molecule has 1 fully saturated rings. The Bertz CT molecular complexity index is 397. The number of carbonyl (C=O) groups excluding carboxylic acids is 2. The number of aliphatic carboxylic acids is 1. The maximum Gasteiger partial charge on any atom is 0.317 e. The fourth-order valence-corrected chi connectivity index (χ4v) is 2.50. The van der Waals surface area contributed by atoms with Crippen LogP contribution in [0.4, 0.5) is 0 Å². The number of hydrogen-bond donors (Lipinski definition) is 1. The molecule has 0 aromatic carbocycles. The molecule has 20 heavy (non-hydrogen) atoms. The molecule has 0 bridgehead atoms. The van der Waals surface area contributed by atoms with Gasteiger partial charge in [0.1, 0.15) is 0 Å². The number of hydrogen-bond acceptors (Lipinski definition) is 4. The van der Waals surface area contributed by atoms with E-state index in [9.17, 15) is 14.4 Å². The van der Waals surface area contributed by atoms with E-state index < -0.39 is 12.0 Å². The second-order valence-electron chi connectivity index (χ2n) is 5.40. The molecule has 6 nitrogen and oxygen atoms in total. The summed E-state index contributed by atoms with van der Waals surface area (Å²) in [5.41, 5.74) is 0. The predicted octanol–water partition coefficient (Wildman–Crippen LogP) is 1.10. The van der Waals surface area contributed by atoms with Gasteiger partial charge in [-0.2, -0.15) is 0 Å². The number of carbonyl (C=O) groups is 3. The van der Waals surface area contributed by atoms with Crippen LogP contribution in [0.5, 0.6) is 0 Å². The van der Waals surface area contributed by atoms with Crippen molar-refractivity contribution in [3.05, 3.63) is 0 Å². The molecule has 0 aromatic rings. The highest BCUT2D eigenvalue weighted by atomic mass is 16.4. The largest absolute Gasteiger partial charge is 0.480 e. The van der Waals surface area contributed by atoms with Crippen molar-refractivity contribution in [3.63, 3.8) is 0 Å². The van der Waals surface area contributed by atoms with Crippen LogP contribution in [0.15, 0.2) is 0 Å². The van der Waals surface area contributed by atoms with Gasteiger partial charge in [-0.05, 0) is 26.7 Å². The van der Waals surface area contributed by atoms with Gasteiger partial charge in [0.25, 0.3) is 0 Å². The van der Waals surface area contributed by atoms with E-state index in [1.165, 1.54) is 4.90 Å². The lowest BCUT2D eigenvalue weighted by Gasteiger charge is -2.31. The van der Waals surface area contributed by atoms with E-state index >= 15 is 0 Å². The van der Waals surface area contributed by atoms with E-state index in [0.717, 1.165) is 6.42 Å². The van der Waals surface area contributed by atoms with Crippen LogP contribution in [-0.4, -0.2) is 57.4 Å². The highest BCUT2D eigenvalue weighted by Crippen LogP contribution is 2.24. The lowest BCUT2D eigenvalue weighted by Crippen LogP contribution is -2.49. The van der Waals surface area contributed by atoms with Gasteiger partial charge in [-0.3, -0.25) is 24.2 Å². The van der Waals surface area contributed by atoms with Gasteiger partial charge in [-0.25, -0.2) is 0 Å². The summed E-state index contributed by atoms with van der Waals surface area (Å²) in [5.74, 6) is -1.44. The lowest BCUT2D eigenvalue weighted by molar-refractivity contribution is -0.143. The van der Waals surface area contributed by atoms with Crippen molar-refractivity contribution in [2.24, 2.45) is 0 Å². The Labute approximate surface area is 119 Å². The Balaban J connectivity index is 2.96. The lowest BCUT2D eigenvalue weighted by atomic mass is 10.1. The first-order valence-electron chi connectivity index (χ1n) is 7.16. The third-order valence-electron chi connectivity index (χ3n) is 4.07. The summed E-state index contributed by atoms with van der Waals surface area (Å²) in [5, 5.41) is 9.01. The van der Waals surface area contributed by atoms with Crippen molar-refractivity contribution in [2.45, 2.75) is 65.1 Å². The quantitative estimate of drug-likeness (QED) is 0.708. The first-order chi connectivity index (χ1) is 9.33. The summed E-state index contributed by atoms with van der Waals surface area (Å²) in [4.78, 5) is 38.4. The molecule has 1 heterocycles. The van der Waals surface area contributed by atoms with Crippen LogP contribution in [0.25, 0.3) is 0 Å². The number of imide groups is 1. The number of nitrogens with zero attached hydrogens (tertiary/aromatic N) is 2. The van der Waals surface area contributed by atoms with Gasteiger partial charge < -0.3 is 5.11 Å². The molecule has 0 aliphatic carbocycles. The minimum atomic E-state index is -0.979. The van der Waals surface area contributed by atoms with E-state index in [4.69, 9.17) is 5.11 Å². The molecule has 0 radical (unpaired) electrons. The zero-order chi connectivity index (χ0) is 15.4. The monoisotopic (exact) mass is 284 g/mol. The molecule has 1 rings (SSSR count). The van der Waals surface area contributed by atoms with E-state index in [1.807, 2.05) is 27.7 Å². The highest BCUT2D eigenvalue weighted by molar-refractivity contribution is 6.06. The SMILES string of the molecule is CCC(C)N1C(=O)CC(N(CC(=O)O)C(C)CC)C1=O. The topological polar surface area (TPSA) is 77.9 Å². The highest BCUT2D eigenvalue weighted by Gasteiger charge is 2.44. The third-order valence-corrected chi connectivity index (χ3v) is 4.07. The van der Waals surface area contributed by atoms with Gasteiger partial charge >= 0.3 is 5.97 Å². The van der Waals surface area contributed by atoms with Crippen LogP contribution in [0.1, 0.15) is 47.0 Å². The number of amides is 2. The van der Waals surface area contributed by atoms with Crippen molar-refractivity contribution in [2.75, 3.05) is 6.54 Å². The fourth-order valence-electron chi connectivity index (χ4n) is 2.50. The summed E-state index contributed by atoms with van der Waals surface area (Å²) >= 11 is 0. The van der Waals surface area contributed by atoms with Crippen LogP contribution >= 0.6 is 0 Å². The smallest absolute Gasteiger partial charge is 0.317 e. The summed E-state index contributed by atoms with van der Waals surface area (Å²) in [6.07, 6.45) is 1.52. The van der Waals surface area contributed by atoms with Crippen LogP contribution in [0.3, 0.4) is 0 Å². The Morgan fingerprint density at radius 2 is 1.95 bits per heavy atom. The van der Waals surface area contributed by atoms with Gasteiger partial charge in [0, 0.05) is 12.1 Å². The molecular weight excluding hydrogens is 260 g/mol. The summed E-state index contributed by atoms with van der Waals surface area (Å²) in [7, 11) is 0. The molecule has 1 N–H and O–H groups in total. The molecule has 0 spiro atoms. The summed E-state index contributed by atoms with van der Waals surface area (Å²) in [6, 6.07) is -0.823. The fraction of sp³-hybridized carbons (Fsp3) is 0.786. The van der Waals surface area contributed by atoms with Crippen LogP contribution in [0.2, 0.25) is 0 Å². The van der Waals surface area contributed by atoms with Crippen molar-refractivity contribution >= 4 is 17.8 Å². The maximum atomic E-state index is 12.4. The average Bonchev–Trinajstić information content (AvgIpc) is 2.69. The number of likely N-dealkylation sites (tertiary alicyclic amines) is 1. The van der Waals surface area contributed by atoms with Gasteiger partial charge in [0.2, 0.25) is 11.8 Å². The Hall–Kier alpha value is -1.43. The molecule has 1 aliphatic rings. The van der Waals surface area contributed by atoms with Crippen LogP contribution in [-0.2, 0) is 14.4 Å². The Morgan fingerprint density at radius 1 is 1.35 bits per heavy atom. The molecule has 1 aliphatic heterocycles. The van der Waals surface area contributed by atoms with Crippen molar-refractivity contribution in [3.8, 4) is 0 Å².